The summed E-state index contributed by atoms with van der Waals surface area (Å²) < 4.78 is 5.81. The molecule has 2 heterocycles. The summed E-state index contributed by atoms with van der Waals surface area (Å²) in [6.45, 7) is 1.99. The van der Waals surface area contributed by atoms with Gasteiger partial charge in [-0.1, -0.05) is 24.6 Å². The summed E-state index contributed by atoms with van der Waals surface area (Å²) in [6, 6.07) is 9.64. The molecule has 0 saturated carbocycles. The SMILES string of the molecule is CCc1c(Cl)ncnc1Oc1ccc2cccnc2c1. The summed E-state index contributed by atoms with van der Waals surface area (Å²) in [6.07, 6.45) is 3.86. The molecule has 0 aliphatic rings. The summed E-state index contributed by atoms with van der Waals surface area (Å²) in [7, 11) is 0. The highest BCUT2D eigenvalue weighted by molar-refractivity contribution is 6.30. The summed E-state index contributed by atoms with van der Waals surface area (Å²) >= 11 is 6.05. The van der Waals surface area contributed by atoms with Crippen LogP contribution in [0.15, 0.2) is 42.9 Å². The highest BCUT2D eigenvalue weighted by Gasteiger charge is 2.10. The van der Waals surface area contributed by atoms with Crippen molar-refractivity contribution in [2.75, 3.05) is 0 Å². The minimum atomic E-state index is 0.427. The molecule has 0 fully saturated rings. The van der Waals surface area contributed by atoms with Gasteiger partial charge in [-0.3, -0.25) is 4.98 Å². The van der Waals surface area contributed by atoms with Gasteiger partial charge < -0.3 is 4.74 Å². The largest absolute Gasteiger partial charge is 0.438 e. The van der Waals surface area contributed by atoms with Gasteiger partial charge in [0.05, 0.1) is 11.1 Å². The van der Waals surface area contributed by atoms with Gasteiger partial charge >= 0.3 is 0 Å². The van der Waals surface area contributed by atoms with E-state index < -0.39 is 0 Å². The molecule has 5 heteroatoms. The van der Waals surface area contributed by atoms with Crippen molar-refractivity contribution in [3.05, 3.63) is 53.6 Å². The quantitative estimate of drug-likeness (QED) is 0.682. The van der Waals surface area contributed by atoms with Gasteiger partial charge in [-0.05, 0) is 24.6 Å². The second kappa shape index (κ2) is 5.43. The zero-order valence-corrected chi connectivity index (χ0v) is 11.6. The number of ether oxygens (including phenoxy) is 1. The molecular weight excluding hydrogens is 274 g/mol. The lowest BCUT2D eigenvalue weighted by atomic mass is 10.2. The molecule has 2 aromatic heterocycles. The second-order valence-corrected chi connectivity index (χ2v) is 4.62. The van der Waals surface area contributed by atoms with E-state index in [-0.39, 0.29) is 0 Å². The van der Waals surface area contributed by atoms with Gasteiger partial charge in [-0.15, -0.1) is 0 Å². The summed E-state index contributed by atoms with van der Waals surface area (Å²) in [4.78, 5) is 12.4. The van der Waals surface area contributed by atoms with Crippen molar-refractivity contribution in [2.24, 2.45) is 0 Å². The van der Waals surface area contributed by atoms with Gasteiger partial charge in [0.2, 0.25) is 5.88 Å². The number of pyridine rings is 1. The maximum Gasteiger partial charge on any atom is 0.226 e. The fourth-order valence-electron chi connectivity index (χ4n) is 1.98. The Kier molecular flexibility index (Phi) is 3.48. The molecule has 3 aromatic rings. The predicted molar refractivity (Wildman–Crippen MR) is 78.2 cm³/mol. The van der Waals surface area contributed by atoms with E-state index in [4.69, 9.17) is 16.3 Å². The van der Waals surface area contributed by atoms with Gasteiger partial charge in [0.25, 0.3) is 0 Å². The fourth-order valence-corrected chi connectivity index (χ4v) is 2.24. The number of halogens is 1. The number of hydrogen-bond donors (Lipinski definition) is 0. The Balaban J connectivity index is 1.99. The van der Waals surface area contributed by atoms with Gasteiger partial charge in [0.1, 0.15) is 17.2 Å². The van der Waals surface area contributed by atoms with Crippen LogP contribution in [0.3, 0.4) is 0 Å². The topological polar surface area (TPSA) is 47.9 Å². The Hall–Kier alpha value is -2.20. The lowest BCUT2D eigenvalue weighted by molar-refractivity contribution is 0.455. The zero-order valence-electron chi connectivity index (χ0n) is 10.9. The molecule has 100 valence electrons. The van der Waals surface area contributed by atoms with E-state index in [1.54, 1.807) is 6.20 Å². The van der Waals surface area contributed by atoms with Crippen molar-refractivity contribution in [3.8, 4) is 11.6 Å². The minimum absolute atomic E-state index is 0.427. The fraction of sp³-hybridized carbons (Fsp3) is 0.133. The number of aromatic nitrogens is 3. The Morgan fingerprint density at radius 2 is 2.05 bits per heavy atom. The first-order valence-electron chi connectivity index (χ1n) is 6.30. The molecule has 0 amide bonds. The van der Waals surface area contributed by atoms with Crippen LogP contribution in [0.4, 0.5) is 0 Å². The number of rotatable bonds is 3. The first-order valence-corrected chi connectivity index (χ1v) is 6.67. The minimum Gasteiger partial charge on any atom is -0.438 e. The molecular formula is C15H12ClN3O. The lowest BCUT2D eigenvalue weighted by Gasteiger charge is -2.09. The average molecular weight is 286 g/mol. The number of hydrogen-bond acceptors (Lipinski definition) is 4. The Morgan fingerprint density at radius 3 is 2.90 bits per heavy atom. The molecule has 0 unspecified atom stereocenters. The van der Waals surface area contributed by atoms with Crippen LogP contribution in [0, 0.1) is 0 Å². The van der Waals surface area contributed by atoms with Crippen molar-refractivity contribution in [1.29, 1.82) is 0 Å². The molecule has 20 heavy (non-hydrogen) atoms. The summed E-state index contributed by atoms with van der Waals surface area (Å²) in [5.74, 6) is 1.17. The Bertz CT molecular complexity index is 761. The van der Waals surface area contributed by atoms with Gasteiger partial charge in [0, 0.05) is 17.6 Å². The summed E-state index contributed by atoms with van der Waals surface area (Å²) in [5.41, 5.74) is 1.68. The van der Waals surface area contributed by atoms with Gasteiger partial charge in [-0.25, -0.2) is 9.97 Å². The normalized spacial score (nSPS) is 10.7. The third-order valence-electron chi connectivity index (χ3n) is 3.00. The van der Waals surface area contributed by atoms with Crippen LogP contribution in [0.5, 0.6) is 11.6 Å². The molecule has 0 bridgehead atoms. The standard InChI is InChI=1S/C15H12ClN3O/c1-2-12-14(16)18-9-19-15(12)20-11-6-5-10-4-3-7-17-13(10)8-11/h3-9H,2H2,1H3. The lowest BCUT2D eigenvalue weighted by Crippen LogP contribution is -1.96. The summed E-state index contributed by atoms with van der Waals surface area (Å²) in [5, 5.41) is 1.49. The highest BCUT2D eigenvalue weighted by Crippen LogP contribution is 2.28. The number of benzene rings is 1. The average Bonchev–Trinajstić information content (AvgIpc) is 2.47. The van der Waals surface area contributed by atoms with Crippen LogP contribution >= 0.6 is 11.6 Å². The molecule has 0 saturated heterocycles. The van der Waals surface area contributed by atoms with Crippen LogP contribution in [0.2, 0.25) is 5.15 Å². The van der Waals surface area contributed by atoms with Gasteiger partial charge in [0.15, 0.2) is 0 Å². The molecule has 1 aromatic carbocycles. The molecule has 0 N–H and O–H groups in total. The van der Waals surface area contributed by atoms with Crippen molar-refractivity contribution in [3.63, 3.8) is 0 Å². The van der Waals surface area contributed by atoms with Crippen LogP contribution in [-0.4, -0.2) is 15.0 Å². The molecule has 0 aliphatic heterocycles. The third-order valence-corrected chi connectivity index (χ3v) is 3.32. The third kappa shape index (κ3) is 2.42. The molecule has 4 nitrogen and oxygen atoms in total. The van der Waals surface area contributed by atoms with E-state index in [0.29, 0.717) is 23.2 Å². The van der Waals surface area contributed by atoms with Crippen LogP contribution < -0.4 is 4.74 Å². The van der Waals surface area contributed by atoms with Crippen LogP contribution in [-0.2, 0) is 6.42 Å². The van der Waals surface area contributed by atoms with Crippen molar-refractivity contribution >= 4 is 22.5 Å². The van der Waals surface area contributed by atoms with E-state index in [9.17, 15) is 0 Å². The molecule has 0 aliphatic carbocycles. The van der Waals surface area contributed by atoms with E-state index in [2.05, 4.69) is 15.0 Å². The number of fused-ring (bicyclic) bond motifs is 1. The van der Waals surface area contributed by atoms with E-state index in [1.807, 2.05) is 37.3 Å². The first kappa shape index (κ1) is 12.8. The van der Waals surface area contributed by atoms with Crippen LogP contribution in [0.1, 0.15) is 12.5 Å². The van der Waals surface area contributed by atoms with E-state index in [0.717, 1.165) is 16.5 Å². The molecule has 0 radical (unpaired) electrons. The van der Waals surface area contributed by atoms with Crippen LogP contribution in [0.25, 0.3) is 10.9 Å². The van der Waals surface area contributed by atoms with E-state index >= 15 is 0 Å². The van der Waals surface area contributed by atoms with Crippen molar-refractivity contribution in [1.82, 2.24) is 15.0 Å². The van der Waals surface area contributed by atoms with Crippen molar-refractivity contribution in [2.45, 2.75) is 13.3 Å². The first-order chi connectivity index (χ1) is 9.78. The number of nitrogens with zero attached hydrogens (tertiary/aromatic N) is 3. The Labute approximate surface area is 121 Å². The predicted octanol–water partition coefficient (Wildman–Crippen LogP) is 4.03. The highest BCUT2D eigenvalue weighted by atomic mass is 35.5. The van der Waals surface area contributed by atoms with E-state index in [1.165, 1.54) is 6.33 Å². The smallest absolute Gasteiger partial charge is 0.226 e. The van der Waals surface area contributed by atoms with Crippen molar-refractivity contribution < 1.29 is 4.74 Å². The molecule has 0 atom stereocenters. The van der Waals surface area contributed by atoms with Gasteiger partial charge in [-0.2, -0.15) is 0 Å². The maximum absolute atomic E-state index is 6.05. The second-order valence-electron chi connectivity index (χ2n) is 4.26. The molecule has 3 rings (SSSR count). The molecule has 0 spiro atoms. The zero-order chi connectivity index (χ0) is 13.9. The monoisotopic (exact) mass is 285 g/mol. The Morgan fingerprint density at radius 1 is 1.15 bits per heavy atom. The maximum atomic E-state index is 6.05.